The lowest BCUT2D eigenvalue weighted by atomic mass is 9.93. The molecule has 0 bridgehead atoms. The van der Waals surface area contributed by atoms with Gasteiger partial charge in [-0.05, 0) is 55.4 Å². The fourth-order valence-electron chi connectivity index (χ4n) is 3.26. The molecule has 1 nitrogen and oxygen atoms in total. The monoisotopic (exact) mass is 313 g/mol. The Kier molecular flexibility index (Phi) is 4.83. The third kappa shape index (κ3) is 3.34. The molecule has 2 atom stereocenters. The Bertz CT molecular complexity index is 409. The molecule has 4 heteroatoms. The van der Waals surface area contributed by atoms with Gasteiger partial charge in [-0.3, -0.25) is 0 Å². The van der Waals surface area contributed by atoms with Crippen LogP contribution in [0.25, 0.3) is 0 Å². The largest absolute Gasteiger partial charge is 0.307 e. The first-order valence-electron chi connectivity index (χ1n) is 7.29. The molecule has 1 fully saturated rings. The number of rotatable bonds is 3. The van der Waals surface area contributed by atoms with Crippen molar-refractivity contribution in [2.75, 3.05) is 6.26 Å². The fraction of sp³-hybridized carbons (Fsp3) is 0.733. The first-order valence-corrected chi connectivity index (χ1v) is 10.3. The molecule has 1 aliphatic heterocycles. The van der Waals surface area contributed by atoms with Crippen molar-refractivity contribution < 1.29 is 0 Å². The molecular weight excluding hydrogens is 290 g/mol. The normalized spacial score (nSPS) is 35.1. The van der Waals surface area contributed by atoms with Gasteiger partial charge in [0, 0.05) is 22.6 Å². The van der Waals surface area contributed by atoms with Gasteiger partial charge in [0.15, 0.2) is 0 Å². The van der Waals surface area contributed by atoms with E-state index in [9.17, 15) is 0 Å². The molecular formula is C15H23NS3. The van der Waals surface area contributed by atoms with Gasteiger partial charge >= 0.3 is 0 Å². The van der Waals surface area contributed by atoms with Gasteiger partial charge in [0.1, 0.15) is 0 Å². The van der Waals surface area contributed by atoms with Crippen molar-refractivity contribution in [1.29, 1.82) is 0 Å². The van der Waals surface area contributed by atoms with Crippen molar-refractivity contribution in [1.82, 2.24) is 5.32 Å². The molecule has 0 spiro atoms. The molecule has 106 valence electrons. The van der Waals surface area contributed by atoms with E-state index in [1.54, 1.807) is 9.77 Å². The van der Waals surface area contributed by atoms with Gasteiger partial charge in [0.25, 0.3) is 0 Å². The molecule has 1 N–H and O–H groups in total. The number of nitrogens with one attached hydrogen (secondary N) is 1. The van der Waals surface area contributed by atoms with Crippen LogP contribution in [0.1, 0.15) is 50.6 Å². The van der Waals surface area contributed by atoms with Crippen molar-refractivity contribution in [3.63, 3.8) is 0 Å². The van der Waals surface area contributed by atoms with Gasteiger partial charge in [-0.15, -0.1) is 23.1 Å². The summed E-state index contributed by atoms with van der Waals surface area (Å²) < 4.78 is 1.55. The first kappa shape index (κ1) is 14.3. The Morgan fingerprint density at radius 3 is 2.79 bits per heavy atom. The fourth-order valence-corrected chi connectivity index (χ4v) is 6.57. The lowest BCUT2D eigenvalue weighted by Crippen LogP contribution is -2.38. The summed E-state index contributed by atoms with van der Waals surface area (Å²) in [4.78, 5) is 0. The lowest BCUT2D eigenvalue weighted by molar-refractivity contribution is 0.332. The molecule has 1 aromatic rings. The molecule has 1 saturated carbocycles. The summed E-state index contributed by atoms with van der Waals surface area (Å²) in [5.41, 5.74) is 1.57. The van der Waals surface area contributed by atoms with Crippen LogP contribution in [-0.4, -0.2) is 22.8 Å². The average molecular weight is 314 g/mol. The average Bonchev–Trinajstić information content (AvgIpc) is 2.88. The third-order valence-corrected chi connectivity index (χ3v) is 7.84. The minimum Gasteiger partial charge on any atom is -0.307 e. The Morgan fingerprint density at radius 1 is 1.26 bits per heavy atom. The highest BCUT2D eigenvalue weighted by Crippen LogP contribution is 2.44. The van der Waals surface area contributed by atoms with Crippen molar-refractivity contribution >= 4 is 34.9 Å². The topological polar surface area (TPSA) is 12.0 Å². The van der Waals surface area contributed by atoms with Crippen LogP contribution in [-0.2, 0) is 0 Å². The molecule has 1 unspecified atom stereocenters. The zero-order chi connectivity index (χ0) is 13.2. The SMILES string of the molecule is CSC1CCC(NC2C[C@H](C)Sc3sccc32)CC1. The van der Waals surface area contributed by atoms with Crippen molar-refractivity contribution in [2.45, 2.75) is 65.8 Å². The quantitative estimate of drug-likeness (QED) is 0.849. The van der Waals surface area contributed by atoms with E-state index in [4.69, 9.17) is 0 Å². The zero-order valence-corrected chi connectivity index (χ0v) is 14.2. The summed E-state index contributed by atoms with van der Waals surface area (Å²) in [5.74, 6) is 0. The Balaban J connectivity index is 1.62. The second-order valence-electron chi connectivity index (χ2n) is 5.76. The zero-order valence-electron chi connectivity index (χ0n) is 11.7. The highest BCUT2D eigenvalue weighted by Gasteiger charge is 2.29. The summed E-state index contributed by atoms with van der Waals surface area (Å²) in [6.45, 7) is 2.37. The van der Waals surface area contributed by atoms with E-state index in [1.807, 2.05) is 11.3 Å². The molecule has 1 aliphatic carbocycles. The van der Waals surface area contributed by atoms with Crippen LogP contribution in [0.15, 0.2) is 15.7 Å². The summed E-state index contributed by atoms with van der Waals surface area (Å²) in [6, 6.07) is 3.69. The van der Waals surface area contributed by atoms with E-state index in [0.29, 0.717) is 6.04 Å². The van der Waals surface area contributed by atoms with Gasteiger partial charge in [-0.1, -0.05) is 6.92 Å². The smallest absolute Gasteiger partial charge is 0.0649 e. The van der Waals surface area contributed by atoms with Gasteiger partial charge in [0.2, 0.25) is 0 Å². The molecule has 0 aromatic carbocycles. The Hall–Kier alpha value is 0.360. The highest BCUT2D eigenvalue weighted by atomic mass is 32.2. The van der Waals surface area contributed by atoms with Crippen molar-refractivity contribution in [2.24, 2.45) is 0 Å². The molecule has 1 aromatic heterocycles. The molecule has 0 amide bonds. The molecule has 19 heavy (non-hydrogen) atoms. The van der Waals surface area contributed by atoms with E-state index < -0.39 is 0 Å². The predicted molar refractivity (Wildman–Crippen MR) is 89.7 cm³/mol. The van der Waals surface area contributed by atoms with Crippen LogP contribution in [0.5, 0.6) is 0 Å². The molecule has 3 rings (SSSR count). The number of thiophene rings is 1. The summed E-state index contributed by atoms with van der Waals surface area (Å²) in [7, 11) is 0. The molecule has 0 radical (unpaired) electrons. The van der Waals surface area contributed by atoms with E-state index >= 15 is 0 Å². The van der Waals surface area contributed by atoms with Crippen LogP contribution in [0, 0.1) is 0 Å². The van der Waals surface area contributed by atoms with Crippen LogP contribution >= 0.6 is 34.9 Å². The predicted octanol–water partition coefficient (Wildman–Crippen LogP) is 4.94. The van der Waals surface area contributed by atoms with Gasteiger partial charge in [-0.25, -0.2) is 0 Å². The van der Waals surface area contributed by atoms with Gasteiger partial charge < -0.3 is 5.32 Å². The Labute approximate surface area is 129 Å². The second kappa shape index (κ2) is 6.42. The van der Waals surface area contributed by atoms with Crippen molar-refractivity contribution in [3.05, 3.63) is 17.0 Å². The van der Waals surface area contributed by atoms with Gasteiger partial charge in [0.05, 0.1) is 4.21 Å². The summed E-state index contributed by atoms with van der Waals surface area (Å²) >= 11 is 6.04. The molecule has 2 aliphatic rings. The summed E-state index contributed by atoms with van der Waals surface area (Å²) in [5, 5.41) is 7.89. The van der Waals surface area contributed by atoms with Gasteiger partial charge in [-0.2, -0.15) is 11.8 Å². The van der Waals surface area contributed by atoms with E-state index in [1.165, 1.54) is 32.1 Å². The lowest BCUT2D eigenvalue weighted by Gasteiger charge is -2.34. The van der Waals surface area contributed by atoms with Crippen LogP contribution < -0.4 is 5.32 Å². The number of fused-ring (bicyclic) bond motifs is 1. The van der Waals surface area contributed by atoms with Crippen LogP contribution in [0.3, 0.4) is 0 Å². The van der Waals surface area contributed by atoms with Crippen molar-refractivity contribution in [3.8, 4) is 0 Å². The van der Waals surface area contributed by atoms with Crippen LogP contribution in [0.4, 0.5) is 0 Å². The maximum Gasteiger partial charge on any atom is 0.0649 e. The minimum atomic E-state index is 0.605. The third-order valence-electron chi connectivity index (χ3n) is 4.35. The van der Waals surface area contributed by atoms with E-state index in [-0.39, 0.29) is 0 Å². The first-order chi connectivity index (χ1) is 9.26. The standard InChI is InChI=1S/C15H23NS3/c1-10-9-14(13-7-8-18-15(13)19-10)16-11-3-5-12(17-2)6-4-11/h7-8,10-12,14,16H,3-6,9H2,1-2H3/t10-,11?,12?,14?/m0/s1. The van der Waals surface area contributed by atoms with E-state index in [0.717, 1.165) is 16.5 Å². The molecule has 2 heterocycles. The maximum absolute atomic E-state index is 3.96. The second-order valence-corrected chi connectivity index (χ2v) is 9.52. The molecule has 0 saturated heterocycles. The number of hydrogen-bond donors (Lipinski definition) is 1. The maximum atomic E-state index is 3.96. The number of thioether (sulfide) groups is 2. The Morgan fingerprint density at radius 2 is 2.05 bits per heavy atom. The van der Waals surface area contributed by atoms with Crippen LogP contribution in [0.2, 0.25) is 0 Å². The summed E-state index contributed by atoms with van der Waals surface area (Å²) in [6.07, 6.45) is 9.07. The highest BCUT2D eigenvalue weighted by molar-refractivity contribution is 8.01. The number of hydrogen-bond acceptors (Lipinski definition) is 4. The van der Waals surface area contributed by atoms with E-state index in [2.05, 4.69) is 53.5 Å². The minimum absolute atomic E-state index is 0.605.